The maximum absolute atomic E-state index is 12.9. The lowest BCUT2D eigenvalue weighted by molar-refractivity contribution is -0.142. The maximum Gasteiger partial charge on any atom is 0.244 e. The predicted octanol–water partition coefficient (Wildman–Crippen LogP) is 2.08. The van der Waals surface area contributed by atoms with Crippen molar-refractivity contribution in [3.05, 3.63) is 36.4 Å². The Morgan fingerprint density at radius 2 is 1.67 bits per heavy atom. The van der Waals surface area contributed by atoms with Crippen LogP contribution in [0.25, 0.3) is 0 Å². The van der Waals surface area contributed by atoms with Gasteiger partial charge in [0.15, 0.2) is 0 Å². The predicted molar refractivity (Wildman–Crippen MR) is 97.7 cm³/mol. The van der Waals surface area contributed by atoms with Gasteiger partial charge in [-0.2, -0.15) is 0 Å². The Morgan fingerprint density at radius 1 is 1.07 bits per heavy atom. The summed E-state index contributed by atoms with van der Waals surface area (Å²) >= 11 is 0. The van der Waals surface area contributed by atoms with E-state index >= 15 is 0 Å². The fraction of sp³-hybridized carbons (Fsp3) is 0.476. The molecule has 0 spiro atoms. The van der Waals surface area contributed by atoms with Gasteiger partial charge in [0.2, 0.25) is 17.7 Å². The highest BCUT2D eigenvalue weighted by Crippen LogP contribution is 2.65. The van der Waals surface area contributed by atoms with Crippen molar-refractivity contribution in [3.8, 4) is 5.75 Å². The second-order valence-electron chi connectivity index (χ2n) is 7.92. The van der Waals surface area contributed by atoms with Crippen molar-refractivity contribution in [1.29, 1.82) is 0 Å². The van der Waals surface area contributed by atoms with Crippen molar-refractivity contribution < 1.29 is 19.1 Å². The lowest BCUT2D eigenvalue weighted by Crippen LogP contribution is -2.40. The van der Waals surface area contributed by atoms with E-state index in [0.29, 0.717) is 24.1 Å². The van der Waals surface area contributed by atoms with E-state index in [1.165, 1.54) is 4.90 Å². The van der Waals surface area contributed by atoms with E-state index in [0.717, 1.165) is 12.2 Å². The van der Waals surface area contributed by atoms with Crippen LogP contribution in [0.3, 0.4) is 0 Å². The van der Waals surface area contributed by atoms with Gasteiger partial charge in [0.1, 0.15) is 12.3 Å². The van der Waals surface area contributed by atoms with Gasteiger partial charge in [0.25, 0.3) is 0 Å². The molecular formula is C21H22N2O4. The molecule has 3 amide bonds. The number of likely N-dealkylation sites (tertiary alicyclic amines) is 1. The standard InChI is InChI=1S/C21H22N2O4/c1-2-27-12-5-3-11(4-6-12)22-17(24)10-23-20(25)18-13-7-8-14(16-9-15(13)16)19(18)21(23)26/h3-8,13-16,18-19H,2,9-10H2,1H3,(H,22,24)/t13-,14-,15-,16+,18+,19-/m1/s1. The summed E-state index contributed by atoms with van der Waals surface area (Å²) < 4.78 is 5.38. The third kappa shape index (κ3) is 2.50. The van der Waals surface area contributed by atoms with E-state index < -0.39 is 0 Å². The van der Waals surface area contributed by atoms with Crippen molar-refractivity contribution in [2.24, 2.45) is 35.5 Å². The molecule has 6 rings (SSSR count). The number of ether oxygens (including phenoxy) is 1. The van der Waals surface area contributed by atoms with Crippen molar-refractivity contribution in [1.82, 2.24) is 4.90 Å². The molecule has 1 aliphatic heterocycles. The zero-order valence-corrected chi connectivity index (χ0v) is 15.1. The molecule has 2 bridgehead atoms. The molecule has 1 saturated heterocycles. The third-order valence-corrected chi connectivity index (χ3v) is 6.50. The van der Waals surface area contributed by atoms with Crippen LogP contribution in [0.15, 0.2) is 36.4 Å². The summed E-state index contributed by atoms with van der Waals surface area (Å²) in [5.41, 5.74) is 0.614. The van der Waals surface area contributed by atoms with Gasteiger partial charge in [-0.05, 0) is 61.3 Å². The van der Waals surface area contributed by atoms with Gasteiger partial charge in [-0.1, -0.05) is 12.2 Å². The van der Waals surface area contributed by atoms with Gasteiger partial charge in [0.05, 0.1) is 18.4 Å². The smallest absolute Gasteiger partial charge is 0.244 e. The van der Waals surface area contributed by atoms with Gasteiger partial charge in [-0.15, -0.1) is 0 Å². The minimum absolute atomic E-state index is 0.170. The van der Waals surface area contributed by atoms with Crippen LogP contribution in [0.4, 0.5) is 5.69 Å². The molecule has 0 unspecified atom stereocenters. The number of carbonyl (C=O) groups is 3. The lowest BCUT2D eigenvalue weighted by Gasteiger charge is -2.37. The van der Waals surface area contributed by atoms with E-state index in [-0.39, 0.29) is 47.9 Å². The molecule has 3 fully saturated rings. The van der Waals surface area contributed by atoms with Crippen LogP contribution in [0.1, 0.15) is 13.3 Å². The highest BCUT2D eigenvalue weighted by Gasteiger charge is 2.67. The van der Waals surface area contributed by atoms with E-state index in [9.17, 15) is 14.4 Å². The normalized spacial score (nSPS) is 35.1. The van der Waals surface area contributed by atoms with Gasteiger partial charge >= 0.3 is 0 Å². The number of imide groups is 1. The summed E-state index contributed by atoms with van der Waals surface area (Å²) in [5.74, 6) is 1.01. The van der Waals surface area contributed by atoms with Crippen LogP contribution in [-0.4, -0.2) is 35.8 Å². The SMILES string of the molecule is CCOc1ccc(NC(=O)CN2C(=O)[C@@H]3[C@@H]4C=C[C@H]([C@H]5C[C@@H]45)[C@@H]3C2=O)cc1. The Labute approximate surface area is 157 Å². The van der Waals surface area contributed by atoms with Crippen LogP contribution in [-0.2, 0) is 14.4 Å². The summed E-state index contributed by atoms with van der Waals surface area (Å²) in [6.45, 7) is 2.26. The highest BCUT2D eigenvalue weighted by atomic mass is 16.5. The first-order valence-electron chi connectivity index (χ1n) is 9.64. The minimum atomic E-state index is -0.357. The number of hydrogen-bond donors (Lipinski definition) is 1. The van der Waals surface area contributed by atoms with Crippen molar-refractivity contribution >= 4 is 23.4 Å². The quantitative estimate of drug-likeness (QED) is 0.639. The molecule has 1 N–H and O–H groups in total. The zero-order chi connectivity index (χ0) is 18.7. The van der Waals surface area contributed by atoms with E-state index in [1.807, 2.05) is 6.92 Å². The Hall–Kier alpha value is -2.63. The Kier molecular flexibility index (Phi) is 3.64. The van der Waals surface area contributed by atoms with Crippen LogP contribution < -0.4 is 10.1 Å². The summed E-state index contributed by atoms with van der Waals surface area (Å²) in [5, 5.41) is 2.76. The molecule has 140 valence electrons. The molecule has 5 aliphatic rings. The molecule has 1 aromatic rings. The van der Waals surface area contributed by atoms with Gasteiger partial charge < -0.3 is 10.1 Å². The number of rotatable bonds is 5. The van der Waals surface area contributed by atoms with Crippen LogP contribution >= 0.6 is 0 Å². The summed E-state index contributed by atoms with van der Waals surface area (Å²) in [7, 11) is 0. The van der Waals surface area contributed by atoms with E-state index in [2.05, 4.69) is 17.5 Å². The van der Waals surface area contributed by atoms with Gasteiger partial charge in [-0.25, -0.2) is 0 Å². The second-order valence-corrected chi connectivity index (χ2v) is 7.92. The molecule has 0 radical (unpaired) electrons. The molecule has 1 heterocycles. The highest BCUT2D eigenvalue weighted by molar-refractivity contribution is 6.09. The van der Waals surface area contributed by atoms with Crippen molar-refractivity contribution in [3.63, 3.8) is 0 Å². The van der Waals surface area contributed by atoms with Crippen molar-refractivity contribution in [2.45, 2.75) is 13.3 Å². The molecular weight excluding hydrogens is 344 g/mol. The molecule has 4 aliphatic carbocycles. The van der Waals surface area contributed by atoms with Gasteiger partial charge in [-0.3, -0.25) is 19.3 Å². The lowest BCUT2D eigenvalue weighted by atomic mass is 9.63. The average molecular weight is 366 g/mol. The monoisotopic (exact) mass is 366 g/mol. The molecule has 0 aromatic heterocycles. The molecule has 6 atom stereocenters. The van der Waals surface area contributed by atoms with Crippen LogP contribution in [0, 0.1) is 35.5 Å². The van der Waals surface area contributed by atoms with Crippen LogP contribution in [0.2, 0.25) is 0 Å². The number of hydrogen-bond acceptors (Lipinski definition) is 4. The molecule has 6 heteroatoms. The fourth-order valence-corrected chi connectivity index (χ4v) is 5.32. The number of anilines is 1. The average Bonchev–Trinajstić information content (AvgIpc) is 3.45. The minimum Gasteiger partial charge on any atom is -0.494 e. The Morgan fingerprint density at radius 3 is 2.22 bits per heavy atom. The number of nitrogens with zero attached hydrogens (tertiary/aromatic N) is 1. The third-order valence-electron chi connectivity index (χ3n) is 6.50. The Balaban J connectivity index is 1.27. The summed E-state index contributed by atoms with van der Waals surface area (Å²) in [6, 6.07) is 7.03. The Bertz CT molecular complexity index is 810. The first-order chi connectivity index (χ1) is 13.1. The van der Waals surface area contributed by atoms with Crippen LogP contribution in [0.5, 0.6) is 5.75 Å². The first kappa shape index (κ1) is 16.5. The number of nitrogens with one attached hydrogen (secondary N) is 1. The topological polar surface area (TPSA) is 75.7 Å². The number of carbonyl (C=O) groups excluding carboxylic acids is 3. The second kappa shape index (κ2) is 5.94. The molecule has 2 saturated carbocycles. The molecule has 1 aromatic carbocycles. The van der Waals surface area contributed by atoms with Gasteiger partial charge in [0, 0.05) is 5.69 Å². The summed E-state index contributed by atoms with van der Waals surface area (Å²) in [4.78, 5) is 39.4. The number of amides is 3. The number of benzene rings is 1. The molecule has 27 heavy (non-hydrogen) atoms. The fourth-order valence-electron chi connectivity index (χ4n) is 5.32. The zero-order valence-electron chi connectivity index (χ0n) is 15.1. The van der Waals surface area contributed by atoms with E-state index in [1.54, 1.807) is 24.3 Å². The largest absolute Gasteiger partial charge is 0.494 e. The first-order valence-corrected chi connectivity index (χ1v) is 9.64. The van der Waals surface area contributed by atoms with E-state index in [4.69, 9.17) is 4.74 Å². The molecule has 6 nitrogen and oxygen atoms in total. The number of allylic oxidation sites excluding steroid dienone is 2. The van der Waals surface area contributed by atoms with Crippen molar-refractivity contribution in [2.75, 3.05) is 18.5 Å². The summed E-state index contributed by atoms with van der Waals surface area (Å²) in [6.07, 6.45) is 5.40. The maximum atomic E-state index is 12.9.